The third kappa shape index (κ3) is 2.87. The molecule has 3 nitrogen and oxygen atoms in total. The van der Waals surface area contributed by atoms with E-state index in [1.54, 1.807) is 6.07 Å². The van der Waals surface area contributed by atoms with Crippen molar-refractivity contribution in [1.29, 1.82) is 0 Å². The zero-order valence-corrected chi connectivity index (χ0v) is 11.4. The van der Waals surface area contributed by atoms with Crippen LogP contribution in [-0.2, 0) is 6.18 Å². The molecule has 1 heterocycles. The average Bonchev–Trinajstić information content (AvgIpc) is 2.77. The van der Waals surface area contributed by atoms with E-state index >= 15 is 0 Å². The van der Waals surface area contributed by atoms with Crippen LogP contribution in [0.2, 0.25) is 0 Å². The highest BCUT2D eigenvalue weighted by molar-refractivity contribution is 9.10. The van der Waals surface area contributed by atoms with E-state index in [0.717, 1.165) is 6.07 Å². The summed E-state index contributed by atoms with van der Waals surface area (Å²) in [7, 11) is 0. The molecule has 0 spiro atoms. The number of alkyl halides is 3. The van der Waals surface area contributed by atoms with Gasteiger partial charge in [0.2, 0.25) is 0 Å². The molecule has 0 aliphatic heterocycles. The predicted molar refractivity (Wildman–Crippen MR) is 67.0 cm³/mol. The molecule has 0 aliphatic carbocycles. The molecule has 1 aromatic heterocycles. The monoisotopic (exact) mass is 352 g/mol. The van der Waals surface area contributed by atoms with Crippen LogP contribution in [0.25, 0.3) is 0 Å². The van der Waals surface area contributed by atoms with Crippen molar-refractivity contribution in [2.75, 3.05) is 0 Å². The predicted octanol–water partition coefficient (Wildman–Crippen LogP) is 3.75. The number of hydrazine groups is 1. The second-order valence-electron chi connectivity index (χ2n) is 3.97. The fraction of sp³-hybridized carbons (Fsp3) is 0.167. The summed E-state index contributed by atoms with van der Waals surface area (Å²) in [6.45, 7) is 0. The maximum atomic E-state index is 13.3. The Bertz CT molecular complexity index is 612. The molecular weight excluding hydrogens is 344 g/mol. The first-order valence-corrected chi connectivity index (χ1v) is 6.19. The van der Waals surface area contributed by atoms with Crippen LogP contribution in [0.15, 0.2) is 39.4 Å². The molecule has 108 valence electrons. The van der Waals surface area contributed by atoms with Gasteiger partial charge < -0.3 is 4.42 Å². The molecule has 1 unspecified atom stereocenters. The van der Waals surface area contributed by atoms with E-state index in [9.17, 15) is 17.6 Å². The van der Waals surface area contributed by atoms with Crippen LogP contribution < -0.4 is 11.3 Å². The quantitative estimate of drug-likeness (QED) is 0.502. The highest BCUT2D eigenvalue weighted by Gasteiger charge is 2.35. The Morgan fingerprint density at radius 3 is 2.45 bits per heavy atom. The van der Waals surface area contributed by atoms with Crippen molar-refractivity contribution >= 4 is 15.9 Å². The topological polar surface area (TPSA) is 51.2 Å². The number of hydrogen-bond donors (Lipinski definition) is 2. The minimum atomic E-state index is -4.78. The van der Waals surface area contributed by atoms with Crippen molar-refractivity contribution in [3.63, 3.8) is 0 Å². The van der Waals surface area contributed by atoms with Crippen molar-refractivity contribution in [2.24, 2.45) is 5.84 Å². The first kappa shape index (κ1) is 15.0. The Morgan fingerprint density at radius 2 is 1.95 bits per heavy atom. The number of nitrogens with one attached hydrogen (secondary N) is 1. The molecule has 1 aromatic carbocycles. The summed E-state index contributed by atoms with van der Waals surface area (Å²) in [6, 6.07) is 3.41. The number of halogens is 5. The van der Waals surface area contributed by atoms with Gasteiger partial charge in [0.15, 0.2) is 0 Å². The lowest BCUT2D eigenvalue weighted by Gasteiger charge is -2.17. The third-order valence-corrected chi connectivity index (χ3v) is 3.36. The van der Waals surface area contributed by atoms with E-state index < -0.39 is 23.6 Å². The van der Waals surface area contributed by atoms with Gasteiger partial charge in [0.1, 0.15) is 17.6 Å². The van der Waals surface area contributed by atoms with E-state index in [0.29, 0.717) is 16.3 Å². The van der Waals surface area contributed by atoms with Crippen LogP contribution in [0.4, 0.5) is 17.6 Å². The second-order valence-corrected chi connectivity index (χ2v) is 4.82. The number of furan rings is 1. The van der Waals surface area contributed by atoms with Crippen molar-refractivity contribution in [3.05, 3.63) is 57.7 Å². The molecule has 20 heavy (non-hydrogen) atoms. The van der Waals surface area contributed by atoms with Gasteiger partial charge in [-0.05, 0) is 39.7 Å². The minimum Gasteiger partial charge on any atom is -0.466 e. The molecule has 2 aromatic rings. The zero-order chi connectivity index (χ0) is 14.9. The molecule has 0 amide bonds. The standard InChI is InChI=1S/C12H9BrF4N2O/c13-8-3-4-20-11(8)10(19-18)6-1-2-9(14)7(5-6)12(15,16)17/h1-5,10,19H,18H2. The molecule has 1 atom stereocenters. The number of hydrogen-bond acceptors (Lipinski definition) is 3. The van der Waals surface area contributed by atoms with Crippen molar-refractivity contribution in [2.45, 2.75) is 12.2 Å². The summed E-state index contributed by atoms with van der Waals surface area (Å²) in [5.41, 5.74) is 1.13. The highest BCUT2D eigenvalue weighted by atomic mass is 79.9. The van der Waals surface area contributed by atoms with Gasteiger partial charge >= 0.3 is 6.18 Å². The molecule has 8 heteroatoms. The fourth-order valence-electron chi connectivity index (χ4n) is 1.77. The Balaban J connectivity index is 2.49. The normalized spacial score (nSPS) is 13.5. The molecule has 2 rings (SSSR count). The van der Waals surface area contributed by atoms with Gasteiger partial charge in [-0.1, -0.05) is 6.07 Å². The number of benzene rings is 1. The maximum Gasteiger partial charge on any atom is 0.419 e. The van der Waals surface area contributed by atoms with E-state index in [-0.39, 0.29) is 5.56 Å². The summed E-state index contributed by atoms with van der Waals surface area (Å²) in [5, 5.41) is 0. The van der Waals surface area contributed by atoms with Gasteiger partial charge in [-0.25, -0.2) is 9.82 Å². The van der Waals surface area contributed by atoms with Crippen molar-refractivity contribution in [1.82, 2.24) is 5.43 Å². The van der Waals surface area contributed by atoms with E-state index in [4.69, 9.17) is 10.3 Å². The lowest BCUT2D eigenvalue weighted by atomic mass is 10.0. The third-order valence-electron chi connectivity index (χ3n) is 2.70. The van der Waals surface area contributed by atoms with Crippen LogP contribution in [0.1, 0.15) is 22.9 Å². The van der Waals surface area contributed by atoms with E-state index in [2.05, 4.69) is 21.4 Å². The highest BCUT2D eigenvalue weighted by Crippen LogP contribution is 2.35. The molecule has 0 aliphatic rings. The molecule has 0 fully saturated rings. The number of rotatable bonds is 3. The fourth-order valence-corrected chi connectivity index (χ4v) is 2.20. The van der Waals surface area contributed by atoms with Crippen LogP contribution in [0.5, 0.6) is 0 Å². The average molecular weight is 353 g/mol. The molecule has 0 saturated carbocycles. The number of nitrogens with two attached hydrogens (primary N) is 1. The summed E-state index contributed by atoms with van der Waals surface area (Å²) >= 11 is 3.19. The molecular formula is C12H9BrF4N2O. The van der Waals surface area contributed by atoms with Gasteiger partial charge in [-0.3, -0.25) is 5.84 Å². The van der Waals surface area contributed by atoms with E-state index in [1.807, 2.05) is 0 Å². The van der Waals surface area contributed by atoms with Crippen LogP contribution >= 0.6 is 15.9 Å². The Hall–Kier alpha value is -1.38. The summed E-state index contributed by atoms with van der Waals surface area (Å²) in [4.78, 5) is 0. The van der Waals surface area contributed by atoms with E-state index in [1.165, 1.54) is 12.3 Å². The second kappa shape index (κ2) is 5.55. The van der Waals surface area contributed by atoms with Gasteiger partial charge in [0.05, 0.1) is 16.3 Å². The van der Waals surface area contributed by atoms with Crippen molar-refractivity contribution in [3.8, 4) is 0 Å². The van der Waals surface area contributed by atoms with Crippen LogP contribution in [0, 0.1) is 5.82 Å². The van der Waals surface area contributed by atoms with Gasteiger partial charge in [0.25, 0.3) is 0 Å². The first-order chi connectivity index (χ1) is 9.34. The molecule has 3 N–H and O–H groups in total. The Labute approximate surface area is 119 Å². The van der Waals surface area contributed by atoms with Crippen molar-refractivity contribution < 1.29 is 22.0 Å². The van der Waals surface area contributed by atoms with Gasteiger partial charge in [0, 0.05) is 0 Å². The minimum absolute atomic E-state index is 0.136. The summed E-state index contributed by atoms with van der Waals surface area (Å²) in [6.07, 6.45) is -3.42. The van der Waals surface area contributed by atoms with Crippen LogP contribution in [0.3, 0.4) is 0 Å². The largest absolute Gasteiger partial charge is 0.466 e. The lowest BCUT2D eigenvalue weighted by molar-refractivity contribution is -0.140. The van der Waals surface area contributed by atoms with Gasteiger partial charge in [-0.15, -0.1) is 0 Å². The SMILES string of the molecule is NNC(c1ccc(F)c(C(F)(F)F)c1)c1occc1Br. The Kier molecular flexibility index (Phi) is 4.17. The molecule has 0 bridgehead atoms. The lowest BCUT2D eigenvalue weighted by Crippen LogP contribution is -2.29. The summed E-state index contributed by atoms with van der Waals surface area (Å²) < 4.78 is 57.0. The van der Waals surface area contributed by atoms with Gasteiger partial charge in [-0.2, -0.15) is 13.2 Å². The zero-order valence-electron chi connectivity index (χ0n) is 9.84. The molecule has 0 radical (unpaired) electrons. The van der Waals surface area contributed by atoms with Crippen LogP contribution in [-0.4, -0.2) is 0 Å². The molecule has 0 saturated heterocycles. The first-order valence-electron chi connectivity index (χ1n) is 5.40. The maximum absolute atomic E-state index is 13.3. The Morgan fingerprint density at radius 1 is 1.25 bits per heavy atom. The summed E-state index contributed by atoms with van der Waals surface area (Å²) in [5.74, 6) is 4.32. The smallest absolute Gasteiger partial charge is 0.419 e.